The van der Waals surface area contributed by atoms with Gasteiger partial charge in [-0.1, -0.05) is 56.3 Å². The van der Waals surface area contributed by atoms with Gasteiger partial charge in [0.2, 0.25) is 0 Å². The van der Waals surface area contributed by atoms with Gasteiger partial charge in [0.25, 0.3) is 0 Å². The zero-order valence-corrected chi connectivity index (χ0v) is 16.1. The Balaban J connectivity index is 1.81. The monoisotopic (exact) mass is 375 g/mol. The van der Waals surface area contributed by atoms with Crippen LogP contribution < -0.4 is 5.32 Å². The highest BCUT2D eigenvalue weighted by Crippen LogP contribution is 2.37. The lowest BCUT2D eigenvalue weighted by molar-refractivity contribution is 0.472. The van der Waals surface area contributed by atoms with Gasteiger partial charge in [-0.15, -0.1) is 11.3 Å². The van der Waals surface area contributed by atoms with Crippen molar-refractivity contribution in [3.8, 4) is 5.75 Å². The summed E-state index contributed by atoms with van der Waals surface area (Å²) >= 11 is 1.54. The van der Waals surface area contributed by atoms with Gasteiger partial charge in [-0.2, -0.15) is 0 Å². The van der Waals surface area contributed by atoms with Crippen LogP contribution in [0, 0.1) is 0 Å². The maximum atomic E-state index is 10.9. The Bertz CT molecular complexity index is 1040. The van der Waals surface area contributed by atoms with Gasteiger partial charge in [-0.25, -0.2) is 4.98 Å². The number of nitrogens with zero attached hydrogens (tertiary/aromatic N) is 2. The number of aromatic nitrogens is 2. The molecule has 0 unspecified atom stereocenters. The van der Waals surface area contributed by atoms with E-state index in [-0.39, 0.29) is 11.8 Å². The van der Waals surface area contributed by atoms with Crippen molar-refractivity contribution in [2.75, 3.05) is 5.32 Å². The second kappa shape index (κ2) is 7.37. The molecule has 27 heavy (non-hydrogen) atoms. The molecule has 1 atom stereocenters. The number of aromatic hydroxyl groups is 1. The molecule has 4 rings (SSSR count). The van der Waals surface area contributed by atoms with Gasteiger partial charge in [-0.3, -0.25) is 4.98 Å². The van der Waals surface area contributed by atoms with E-state index in [1.165, 1.54) is 16.9 Å². The van der Waals surface area contributed by atoms with Crippen LogP contribution in [0.3, 0.4) is 0 Å². The molecule has 0 fully saturated rings. The van der Waals surface area contributed by atoms with Crippen LogP contribution in [0.5, 0.6) is 5.75 Å². The van der Waals surface area contributed by atoms with Crippen LogP contribution >= 0.6 is 11.3 Å². The van der Waals surface area contributed by atoms with Crippen LogP contribution in [0.25, 0.3) is 10.9 Å². The van der Waals surface area contributed by atoms with E-state index in [4.69, 9.17) is 0 Å². The first-order valence-corrected chi connectivity index (χ1v) is 9.84. The van der Waals surface area contributed by atoms with Crippen molar-refractivity contribution in [1.82, 2.24) is 9.97 Å². The smallest absolute Gasteiger partial charge is 0.183 e. The molecule has 4 aromatic rings. The Hall–Kier alpha value is -2.92. The molecule has 136 valence electrons. The minimum atomic E-state index is -0.219. The van der Waals surface area contributed by atoms with Crippen molar-refractivity contribution in [3.63, 3.8) is 0 Å². The molecule has 4 nitrogen and oxygen atoms in total. The highest BCUT2D eigenvalue weighted by Gasteiger charge is 2.21. The van der Waals surface area contributed by atoms with Gasteiger partial charge in [0, 0.05) is 28.7 Å². The third-order valence-electron chi connectivity index (χ3n) is 4.73. The molecule has 0 radical (unpaired) electrons. The predicted octanol–water partition coefficient (Wildman–Crippen LogP) is 5.72. The van der Waals surface area contributed by atoms with Crippen molar-refractivity contribution >= 4 is 27.4 Å². The number of fused-ring (bicyclic) bond motifs is 1. The molecule has 0 saturated heterocycles. The molecule has 0 saturated carbocycles. The lowest BCUT2D eigenvalue weighted by Crippen LogP contribution is -2.13. The lowest BCUT2D eigenvalue weighted by atomic mass is 9.94. The molecular weight excluding hydrogens is 354 g/mol. The molecule has 2 aromatic heterocycles. The first kappa shape index (κ1) is 17.5. The van der Waals surface area contributed by atoms with Crippen molar-refractivity contribution in [2.45, 2.75) is 25.8 Å². The Morgan fingerprint density at radius 1 is 0.926 bits per heavy atom. The molecule has 5 heteroatoms. The second-order valence-corrected chi connectivity index (χ2v) is 7.71. The fourth-order valence-corrected chi connectivity index (χ4v) is 3.77. The number of pyridine rings is 1. The average molecular weight is 375 g/mol. The predicted molar refractivity (Wildman–Crippen MR) is 112 cm³/mol. The molecule has 0 bridgehead atoms. The maximum Gasteiger partial charge on any atom is 0.183 e. The number of hydrogen-bond donors (Lipinski definition) is 2. The summed E-state index contributed by atoms with van der Waals surface area (Å²) in [4.78, 5) is 8.72. The van der Waals surface area contributed by atoms with Crippen molar-refractivity contribution in [1.29, 1.82) is 0 Å². The van der Waals surface area contributed by atoms with Gasteiger partial charge >= 0.3 is 0 Å². The largest absolute Gasteiger partial charge is 0.505 e. The number of nitrogens with one attached hydrogen (secondary N) is 1. The minimum Gasteiger partial charge on any atom is -0.505 e. The standard InChI is InChI=1S/C22H21N3OS/c1-14(2)15-5-7-17(8-6-15)19(25-22-24-12-13-27-22)18-10-9-16-4-3-11-23-20(16)21(18)26/h3-14,19,26H,1-2H3,(H,24,25)/t19-/m0/s1. The first-order chi connectivity index (χ1) is 13.1. The molecule has 2 heterocycles. The van der Waals surface area contributed by atoms with Gasteiger partial charge in [0.15, 0.2) is 5.13 Å². The van der Waals surface area contributed by atoms with Gasteiger partial charge in [0.1, 0.15) is 11.3 Å². The topological polar surface area (TPSA) is 58.0 Å². The average Bonchev–Trinajstić information content (AvgIpc) is 3.20. The molecule has 0 amide bonds. The van der Waals surface area contributed by atoms with Crippen LogP contribution in [-0.4, -0.2) is 15.1 Å². The summed E-state index contributed by atoms with van der Waals surface area (Å²) in [5.41, 5.74) is 3.75. The van der Waals surface area contributed by atoms with Crippen LogP contribution in [0.4, 0.5) is 5.13 Å². The number of phenolic OH excluding ortho intramolecular Hbond substituents is 1. The van der Waals surface area contributed by atoms with E-state index in [9.17, 15) is 5.11 Å². The van der Waals surface area contributed by atoms with E-state index >= 15 is 0 Å². The molecule has 2 aromatic carbocycles. The highest BCUT2D eigenvalue weighted by molar-refractivity contribution is 7.13. The number of thiazole rings is 1. The van der Waals surface area contributed by atoms with Gasteiger partial charge in [-0.05, 0) is 23.1 Å². The van der Waals surface area contributed by atoms with E-state index in [1.807, 2.05) is 29.6 Å². The van der Waals surface area contributed by atoms with Crippen LogP contribution in [0.2, 0.25) is 0 Å². The molecule has 0 aliphatic heterocycles. The van der Waals surface area contributed by atoms with E-state index < -0.39 is 0 Å². The second-order valence-electron chi connectivity index (χ2n) is 6.81. The fourth-order valence-electron chi connectivity index (χ4n) is 3.21. The summed E-state index contributed by atoms with van der Waals surface area (Å²) < 4.78 is 0. The minimum absolute atomic E-state index is 0.204. The molecular formula is C22H21N3OS. The van der Waals surface area contributed by atoms with E-state index in [2.05, 4.69) is 53.4 Å². The SMILES string of the molecule is CC(C)c1ccc([C@H](Nc2nccs2)c2ccc3cccnc3c2O)cc1. The normalized spacial score (nSPS) is 12.4. The van der Waals surface area contributed by atoms with Crippen molar-refractivity contribution < 1.29 is 5.11 Å². The van der Waals surface area contributed by atoms with E-state index in [0.717, 1.165) is 21.6 Å². The summed E-state index contributed by atoms with van der Waals surface area (Å²) in [7, 11) is 0. The summed E-state index contributed by atoms with van der Waals surface area (Å²) in [6, 6.07) is 16.1. The number of phenols is 1. The lowest BCUT2D eigenvalue weighted by Gasteiger charge is -2.21. The first-order valence-electron chi connectivity index (χ1n) is 8.96. The molecule has 0 spiro atoms. The maximum absolute atomic E-state index is 10.9. The van der Waals surface area contributed by atoms with E-state index in [0.29, 0.717) is 11.4 Å². The third-order valence-corrected chi connectivity index (χ3v) is 5.43. The van der Waals surface area contributed by atoms with E-state index in [1.54, 1.807) is 12.4 Å². The zero-order valence-electron chi connectivity index (χ0n) is 15.3. The highest BCUT2D eigenvalue weighted by atomic mass is 32.1. The Morgan fingerprint density at radius 2 is 1.70 bits per heavy atom. The van der Waals surface area contributed by atoms with Crippen LogP contribution in [0.15, 0.2) is 66.3 Å². The zero-order chi connectivity index (χ0) is 18.8. The molecule has 0 aliphatic rings. The summed E-state index contributed by atoms with van der Waals surface area (Å²) in [6.07, 6.45) is 3.47. The summed E-state index contributed by atoms with van der Waals surface area (Å²) in [5, 5.41) is 18.1. The Labute approximate surface area is 162 Å². The quantitative estimate of drug-likeness (QED) is 0.468. The molecule has 2 N–H and O–H groups in total. The molecule has 0 aliphatic carbocycles. The number of hydrogen-bond acceptors (Lipinski definition) is 5. The fraction of sp³-hybridized carbons (Fsp3) is 0.182. The van der Waals surface area contributed by atoms with Crippen molar-refractivity contribution in [2.24, 2.45) is 0 Å². The Morgan fingerprint density at radius 3 is 2.41 bits per heavy atom. The number of rotatable bonds is 5. The summed E-state index contributed by atoms with van der Waals surface area (Å²) in [6.45, 7) is 4.36. The Kier molecular flexibility index (Phi) is 4.77. The summed E-state index contributed by atoms with van der Waals surface area (Å²) in [5.74, 6) is 0.679. The number of anilines is 1. The van der Waals surface area contributed by atoms with Crippen LogP contribution in [-0.2, 0) is 0 Å². The van der Waals surface area contributed by atoms with Crippen molar-refractivity contribution in [3.05, 3.63) is 83.0 Å². The van der Waals surface area contributed by atoms with Crippen LogP contribution in [0.1, 0.15) is 42.5 Å². The number of benzene rings is 2. The van der Waals surface area contributed by atoms with Gasteiger partial charge in [0.05, 0.1) is 6.04 Å². The third kappa shape index (κ3) is 3.51. The van der Waals surface area contributed by atoms with Gasteiger partial charge < -0.3 is 10.4 Å².